The van der Waals surface area contributed by atoms with Crippen LogP contribution in [-0.2, 0) is 4.74 Å². The molecule has 2 rings (SSSR count). The Morgan fingerprint density at radius 1 is 1.77 bits per heavy atom. The zero-order chi connectivity index (χ0) is 9.59. The van der Waals surface area contributed by atoms with Crippen molar-refractivity contribution < 1.29 is 14.6 Å². The molecule has 2 saturated heterocycles. The second-order valence-corrected chi connectivity index (χ2v) is 3.74. The summed E-state index contributed by atoms with van der Waals surface area (Å²) in [7, 11) is 0. The van der Waals surface area contributed by atoms with Crippen LogP contribution in [0, 0.1) is 5.92 Å². The van der Waals surface area contributed by atoms with E-state index in [1.54, 1.807) is 4.90 Å². The number of ether oxygens (including phenoxy) is 1. The molecule has 3 unspecified atom stereocenters. The summed E-state index contributed by atoms with van der Waals surface area (Å²) in [5.74, 6) is 0.0119. The van der Waals surface area contributed by atoms with Crippen molar-refractivity contribution in [1.82, 2.24) is 4.90 Å². The monoisotopic (exact) mass is 183 g/mol. The zero-order valence-electron chi connectivity index (χ0n) is 7.56. The normalized spacial score (nSPS) is 37.5. The van der Waals surface area contributed by atoms with Crippen LogP contribution in [0.4, 0.5) is 4.79 Å². The second kappa shape index (κ2) is 2.73. The maximum atomic E-state index is 11.1. The number of nitrogens with zero attached hydrogens (tertiary/aromatic N) is 1. The maximum absolute atomic E-state index is 11.1. The van der Waals surface area contributed by atoms with E-state index in [2.05, 4.69) is 6.58 Å². The predicted octanol–water partition coefficient (Wildman–Crippen LogP) is 0.374. The van der Waals surface area contributed by atoms with Gasteiger partial charge in [-0.15, -0.1) is 0 Å². The molecular weight excluding hydrogens is 170 g/mol. The van der Waals surface area contributed by atoms with Crippen molar-refractivity contribution in [3.8, 4) is 0 Å². The first-order valence-corrected chi connectivity index (χ1v) is 4.38. The molecule has 13 heavy (non-hydrogen) atoms. The summed E-state index contributed by atoms with van der Waals surface area (Å²) in [6.07, 6.45) is -0.822. The minimum atomic E-state index is -0.510. The van der Waals surface area contributed by atoms with Gasteiger partial charge in [0, 0.05) is 12.5 Å². The van der Waals surface area contributed by atoms with E-state index in [9.17, 15) is 9.90 Å². The Kier molecular flexibility index (Phi) is 1.80. The molecule has 0 aromatic rings. The molecule has 2 heterocycles. The molecule has 2 aliphatic rings. The maximum Gasteiger partial charge on any atom is 0.410 e. The van der Waals surface area contributed by atoms with Gasteiger partial charge in [-0.2, -0.15) is 0 Å². The number of aliphatic hydroxyl groups is 1. The van der Waals surface area contributed by atoms with E-state index in [0.717, 1.165) is 5.57 Å². The Labute approximate surface area is 76.8 Å². The van der Waals surface area contributed by atoms with Gasteiger partial charge in [-0.1, -0.05) is 12.2 Å². The first-order chi connectivity index (χ1) is 6.11. The lowest BCUT2D eigenvalue weighted by molar-refractivity contribution is 0.109. The van der Waals surface area contributed by atoms with Gasteiger partial charge in [-0.05, 0) is 6.92 Å². The van der Waals surface area contributed by atoms with E-state index in [1.165, 1.54) is 0 Å². The second-order valence-electron chi connectivity index (χ2n) is 3.74. The zero-order valence-corrected chi connectivity index (χ0v) is 7.56. The van der Waals surface area contributed by atoms with Gasteiger partial charge in [0.15, 0.2) is 0 Å². The first kappa shape index (κ1) is 8.56. The van der Waals surface area contributed by atoms with Crippen molar-refractivity contribution in [2.24, 2.45) is 5.92 Å². The molecule has 1 N–H and O–H groups in total. The number of rotatable bonds is 1. The van der Waals surface area contributed by atoms with Gasteiger partial charge >= 0.3 is 6.09 Å². The summed E-state index contributed by atoms with van der Waals surface area (Å²) >= 11 is 0. The van der Waals surface area contributed by atoms with Crippen LogP contribution in [-0.4, -0.2) is 41.4 Å². The van der Waals surface area contributed by atoms with Crippen molar-refractivity contribution in [3.05, 3.63) is 12.2 Å². The highest BCUT2D eigenvalue weighted by Crippen LogP contribution is 2.32. The highest BCUT2D eigenvalue weighted by atomic mass is 16.6. The molecule has 0 bridgehead atoms. The Hall–Kier alpha value is -1.03. The van der Waals surface area contributed by atoms with Gasteiger partial charge in [0.25, 0.3) is 0 Å². The van der Waals surface area contributed by atoms with Crippen molar-refractivity contribution in [2.75, 3.05) is 13.2 Å². The molecule has 2 fully saturated rings. The molecule has 72 valence electrons. The van der Waals surface area contributed by atoms with Crippen LogP contribution in [0.25, 0.3) is 0 Å². The van der Waals surface area contributed by atoms with Gasteiger partial charge in [0.1, 0.15) is 6.61 Å². The number of carbonyl (C=O) groups is 1. The van der Waals surface area contributed by atoms with Crippen molar-refractivity contribution in [3.63, 3.8) is 0 Å². The highest BCUT2D eigenvalue weighted by molar-refractivity contribution is 5.71. The van der Waals surface area contributed by atoms with Crippen molar-refractivity contribution in [1.29, 1.82) is 0 Å². The average Bonchev–Trinajstić information content (AvgIpc) is 2.55. The van der Waals surface area contributed by atoms with Gasteiger partial charge in [-0.25, -0.2) is 4.79 Å². The minimum absolute atomic E-state index is 0.0119. The molecule has 3 atom stereocenters. The standard InChI is InChI=1S/C9H13NO3/c1-5(2)6-3-10-7(8(6)11)4-13-9(10)12/h6-8,11H,1,3-4H2,2H3. The number of hydrogen-bond acceptors (Lipinski definition) is 3. The molecule has 4 nitrogen and oxygen atoms in total. The molecule has 2 aliphatic heterocycles. The van der Waals surface area contributed by atoms with Crippen LogP contribution in [0.1, 0.15) is 6.92 Å². The van der Waals surface area contributed by atoms with Crippen LogP contribution < -0.4 is 0 Å². The number of amides is 1. The van der Waals surface area contributed by atoms with Crippen molar-refractivity contribution >= 4 is 6.09 Å². The summed E-state index contributed by atoms with van der Waals surface area (Å²) in [5, 5.41) is 9.81. The average molecular weight is 183 g/mol. The SMILES string of the molecule is C=C(C)C1CN2C(=O)OCC2C1O. The fourth-order valence-electron chi connectivity index (χ4n) is 1.99. The molecule has 0 aliphatic carbocycles. The summed E-state index contributed by atoms with van der Waals surface area (Å²) < 4.78 is 4.82. The van der Waals surface area contributed by atoms with Gasteiger partial charge in [0.05, 0.1) is 12.1 Å². The molecule has 0 aromatic heterocycles. The van der Waals surface area contributed by atoms with Crippen LogP contribution in [0.15, 0.2) is 12.2 Å². The molecule has 4 heteroatoms. The Balaban J connectivity index is 2.18. The molecular formula is C9H13NO3. The summed E-state index contributed by atoms with van der Waals surface area (Å²) in [4.78, 5) is 12.7. The lowest BCUT2D eigenvalue weighted by Gasteiger charge is -2.15. The predicted molar refractivity (Wildman–Crippen MR) is 46.2 cm³/mol. The Morgan fingerprint density at radius 3 is 3.00 bits per heavy atom. The van der Waals surface area contributed by atoms with Crippen LogP contribution in [0.5, 0.6) is 0 Å². The number of carbonyl (C=O) groups excluding carboxylic acids is 1. The van der Waals surface area contributed by atoms with E-state index in [0.29, 0.717) is 13.2 Å². The van der Waals surface area contributed by atoms with Crippen LogP contribution in [0.2, 0.25) is 0 Å². The van der Waals surface area contributed by atoms with Crippen molar-refractivity contribution in [2.45, 2.75) is 19.1 Å². The molecule has 0 spiro atoms. The minimum Gasteiger partial charge on any atom is -0.447 e. The largest absolute Gasteiger partial charge is 0.447 e. The molecule has 0 radical (unpaired) electrons. The number of fused-ring (bicyclic) bond motifs is 1. The van der Waals surface area contributed by atoms with Crippen LogP contribution in [0.3, 0.4) is 0 Å². The van der Waals surface area contributed by atoms with E-state index < -0.39 is 6.10 Å². The topological polar surface area (TPSA) is 49.8 Å². The highest BCUT2D eigenvalue weighted by Gasteiger charge is 2.48. The summed E-state index contributed by atoms with van der Waals surface area (Å²) in [6, 6.07) is -0.158. The molecule has 1 amide bonds. The first-order valence-electron chi connectivity index (χ1n) is 4.38. The summed E-state index contributed by atoms with van der Waals surface area (Å²) in [5.41, 5.74) is 0.926. The third kappa shape index (κ3) is 1.13. The number of hydrogen-bond donors (Lipinski definition) is 1. The van der Waals surface area contributed by atoms with Gasteiger partial charge < -0.3 is 9.84 Å². The lowest BCUT2D eigenvalue weighted by Crippen LogP contribution is -2.33. The molecule has 0 saturated carbocycles. The van der Waals surface area contributed by atoms with E-state index in [-0.39, 0.29) is 18.1 Å². The number of cyclic esters (lactones) is 1. The lowest BCUT2D eigenvalue weighted by atomic mass is 9.96. The van der Waals surface area contributed by atoms with E-state index in [4.69, 9.17) is 4.74 Å². The fraction of sp³-hybridized carbons (Fsp3) is 0.667. The summed E-state index contributed by atoms with van der Waals surface area (Å²) in [6.45, 7) is 6.53. The van der Waals surface area contributed by atoms with Gasteiger partial charge in [-0.3, -0.25) is 4.90 Å². The van der Waals surface area contributed by atoms with E-state index >= 15 is 0 Å². The third-order valence-electron chi connectivity index (χ3n) is 2.85. The smallest absolute Gasteiger partial charge is 0.410 e. The Bertz CT molecular complexity index is 264. The van der Waals surface area contributed by atoms with Crippen LogP contribution >= 0.6 is 0 Å². The number of aliphatic hydroxyl groups excluding tert-OH is 1. The van der Waals surface area contributed by atoms with E-state index in [1.807, 2.05) is 6.92 Å². The third-order valence-corrected chi connectivity index (χ3v) is 2.85. The molecule has 0 aromatic carbocycles. The Morgan fingerprint density at radius 2 is 2.46 bits per heavy atom. The quantitative estimate of drug-likeness (QED) is 0.598. The fourth-order valence-corrected chi connectivity index (χ4v) is 1.99. The van der Waals surface area contributed by atoms with Gasteiger partial charge in [0.2, 0.25) is 0 Å².